The van der Waals surface area contributed by atoms with Crippen molar-refractivity contribution < 1.29 is 28.2 Å². The number of phenols is 2. The molecule has 0 atom stereocenters. The summed E-state index contributed by atoms with van der Waals surface area (Å²) >= 11 is 0. The van der Waals surface area contributed by atoms with Gasteiger partial charge >= 0.3 is 0 Å². The molecule has 3 aromatic rings. The number of carbonyl (C=O) groups is 1. The van der Waals surface area contributed by atoms with Gasteiger partial charge in [-0.3, -0.25) is 4.79 Å². The standard InChI is InChI=1S/C23H23N3O6S/c1-32-14-13-24-33(30,31)17-8-6-7-16(15-17)23(29)26-25-22(18-9-2-4-11-20(18)27)19-10-3-5-12-21(19)28/h2-12,15,24,27-28H,13-14H2,1H3,(H,26,29). The summed E-state index contributed by atoms with van der Waals surface area (Å²) in [4.78, 5) is 12.7. The number of phenolic OH excluding ortho intramolecular Hbond substituents is 2. The first-order valence-electron chi connectivity index (χ1n) is 9.87. The number of rotatable bonds is 9. The van der Waals surface area contributed by atoms with Crippen LogP contribution in [-0.4, -0.2) is 50.5 Å². The lowest BCUT2D eigenvalue weighted by atomic mass is 10.0. The zero-order valence-electron chi connectivity index (χ0n) is 17.7. The molecule has 0 aliphatic heterocycles. The fourth-order valence-corrected chi connectivity index (χ4v) is 4.01. The number of methoxy groups -OCH3 is 1. The normalized spacial score (nSPS) is 11.1. The van der Waals surface area contributed by atoms with Crippen LogP contribution in [0.25, 0.3) is 0 Å². The van der Waals surface area contributed by atoms with Crippen molar-refractivity contribution >= 4 is 21.6 Å². The zero-order chi connectivity index (χ0) is 23.8. The van der Waals surface area contributed by atoms with E-state index in [9.17, 15) is 23.4 Å². The van der Waals surface area contributed by atoms with Gasteiger partial charge in [-0.2, -0.15) is 5.10 Å². The molecule has 0 unspecified atom stereocenters. The van der Waals surface area contributed by atoms with Crippen LogP contribution in [-0.2, 0) is 14.8 Å². The van der Waals surface area contributed by atoms with Gasteiger partial charge in [0.2, 0.25) is 10.0 Å². The Balaban J connectivity index is 1.91. The number of hydrogen-bond acceptors (Lipinski definition) is 7. The minimum Gasteiger partial charge on any atom is -0.507 e. The largest absolute Gasteiger partial charge is 0.507 e. The van der Waals surface area contributed by atoms with E-state index in [1.807, 2.05) is 0 Å². The minimum absolute atomic E-state index is 0.0577. The van der Waals surface area contributed by atoms with E-state index in [1.54, 1.807) is 36.4 Å². The third kappa shape index (κ3) is 5.95. The van der Waals surface area contributed by atoms with Gasteiger partial charge in [-0.1, -0.05) is 30.3 Å². The number of hydrogen-bond donors (Lipinski definition) is 4. The first-order valence-corrected chi connectivity index (χ1v) is 11.3. The van der Waals surface area contributed by atoms with E-state index in [-0.39, 0.29) is 51.9 Å². The van der Waals surface area contributed by atoms with Crippen LogP contribution in [0.5, 0.6) is 11.5 Å². The Labute approximate surface area is 191 Å². The second-order valence-electron chi connectivity index (χ2n) is 6.85. The highest BCUT2D eigenvalue weighted by Crippen LogP contribution is 2.25. The lowest BCUT2D eigenvalue weighted by Gasteiger charge is -2.11. The highest BCUT2D eigenvalue weighted by Gasteiger charge is 2.18. The van der Waals surface area contributed by atoms with Gasteiger partial charge in [0, 0.05) is 30.3 Å². The van der Waals surface area contributed by atoms with Gasteiger partial charge in [-0.15, -0.1) is 0 Å². The number of benzene rings is 3. The third-order valence-corrected chi connectivity index (χ3v) is 6.05. The van der Waals surface area contributed by atoms with Gasteiger partial charge in [0.05, 0.1) is 11.5 Å². The number of nitrogens with zero attached hydrogens (tertiary/aromatic N) is 1. The number of sulfonamides is 1. The lowest BCUT2D eigenvalue weighted by Crippen LogP contribution is -2.27. The van der Waals surface area contributed by atoms with Crippen molar-refractivity contribution in [3.05, 3.63) is 89.5 Å². The molecular formula is C23H23N3O6S. The number of nitrogens with one attached hydrogen (secondary N) is 2. The van der Waals surface area contributed by atoms with Crippen LogP contribution >= 0.6 is 0 Å². The fourth-order valence-electron chi connectivity index (χ4n) is 2.95. The molecular weight excluding hydrogens is 446 g/mol. The van der Waals surface area contributed by atoms with E-state index in [2.05, 4.69) is 15.2 Å². The molecule has 33 heavy (non-hydrogen) atoms. The number of ether oxygens (including phenoxy) is 1. The number of aromatic hydroxyl groups is 2. The predicted molar refractivity (Wildman–Crippen MR) is 123 cm³/mol. The van der Waals surface area contributed by atoms with Crippen LogP contribution in [0, 0.1) is 0 Å². The van der Waals surface area contributed by atoms with E-state index in [1.165, 1.54) is 43.5 Å². The molecule has 0 radical (unpaired) electrons. The maximum Gasteiger partial charge on any atom is 0.271 e. The summed E-state index contributed by atoms with van der Waals surface area (Å²) in [5, 5.41) is 24.7. The van der Waals surface area contributed by atoms with Gasteiger partial charge in [0.25, 0.3) is 5.91 Å². The molecule has 3 rings (SSSR count). The molecule has 3 aromatic carbocycles. The Kier molecular flexibility index (Phi) is 7.78. The topological polar surface area (TPSA) is 137 Å². The molecule has 4 N–H and O–H groups in total. The molecule has 1 amide bonds. The van der Waals surface area contributed by atoms with Crippen molar-refractivity contribution in [2.45, 2.75) is 4.90 Å². The second kappa shape index (κ2) is 10.7. The summed E-state index contributed by atoms with van der Waals surface area (Å²) in [5.74, 6) is -0.861. The van der Waals surface area contributed by atoms with Crippen LogP contribution in [0.4, 0.5) is 0 Å². The van der Waals surface area contributed by atoms with Crippen molar-refractivity contribution in [3.63, 3.8) is 0 Å². The maximum atomic E-state index is 12.7. The molecule has 0 aliphatic carbocycles. The first-order chi connectivity index (χ1) is 15.8. The Hall–Kier alpha value is -3.73. The Morgan fingerprint density at radius 3 is 2.12 bits per heavy atom. The van der Waals surface area contributed by atoms with E-state index >= 15 is 0 Å². The molecule has 0 bridgehead atoms. The molecule has 0 heterocycles. The molecule has 172 valence electrons. The monoisotopic (exact) mass is 469 g/mol. The van der Waals surface area contributed by atoms with Crippen molar-refractivity contribution in [1.82, 2.24) is 10.1 Å². The Morgan fingerprint density at radius 1 is 0.939 bits per heavy atom. The molecule has 0 saturated carbocycles. The number of para-hydroxylation sites is 2. The van der Waals surface area contributed by atoms with Gasteiger partial charge in [0.1, 0.15) is 17.2 Å². The fraction of sp³-hybridized carbons (Fsp3) is 0.130. The summed E-state index contributed by atoms with van der Waals surface area (Å²) < 4.78 is 32.0. The highest BCUT2D eigenvalue weighted by molar-refractivity contribution is 7.89. The van der Waals surface area contributed by atoms with Gasteiger partial charge in [0.15, 0.2) is 0 Å². The number of carbonyl (C=O) groups excluding carboxylic acids is 1. The van der Waals surface area contributed by atoms with E-state index in [0.29, 0.717) is 0 Å². The van der Waals surface area contributed by atoms with E-state index in [0.717, 1.165) is 0 Å². The highest BCUT2D eigenvalue weighted by atomic mass is 32.2. The van der Waals surface area contributed by atoms with Crippen molar-refractivity contribution in [1.29, 1.82) is 0 Å². The molecule has 0 fully saturated rings. The average Bonchev–Trinajstić information content (AvgIpc) is 2.81. The molecule has 9 nitrogen and oxygen atoms in total. The van der Waals surface area contributed by atoms with Crippen LogP contribution in [0.1, 0.15) is 21.5 Å². The summed E-state index contributed by atoms with van der Waals surface area (Å²) in [5.41, 5.74) is 3.14. The summed E-state index contributed by atoms with van der Waals surface area (Å²) in [7, 11) is -2.37. The van der Waals surface area contributed by atoms with Crippen molar-refractivity contribution in [2.75, 3.05) is 20.3 Å². The van der Waals surface area contributed by atoms with E-state index < -0.39 is 15.9 Å². The van der Waals surface area contributed by atoms with Crippen LogP contribution in [0.3, 0.4) is 0 Å². The number of hydrazone groups is 1. The van der Waals surface area contributed by atoms with E-state index in [4.69, 9.17) is 4.74 Å². The Bertz CT molecular complexity index is 1230. The summed E-state index contributed by atoms with van der Waals surface area (Å²) in [6, 6.07) is 18.2. The first kappa shape index (κ1) is 23.9. The van der Waals surface area contributed by atoms with Crippen LogP contribution in [0.2, 0.25) is 0 Å². The van der Waals surface area contributed by atoms with Gasteiger partial charge in [-0.05, 0) is 42.5 Å². The average molecular weight is 470 g/mol. The van der Waals surface area contributed by atoms with Gasteiger partial charge in [-0.25, -0.2) is 18.6 Å². The Morgan fingerprint density at radius 2 is 1.55 bits per heavy atom. The smallest absolute Gasteiger partial charge is 0.271 e. The minimum atomic E-state index is -3.83. The second-order valence-corrected chi connectivity index (χ2v) is 8.62. The maximum absolute atomic E-state index is 12.7. The third-order valence-electron chi connectivity index (χ3n) is 4.59. The van der Waals surface area contributed by atoms with Gasteiger partial charge < -0.3 is 14.9 Å². The molecule has 0 aliphatic rings. The molecule has 0 spiro atoms. The SMILES string of the molecule is COCCNS(=O)(=O)c1cccc(C(=O)NN=C(c2ccccc2O)c2ccccc2O)c1. The predicted octanol–water partition coefficient (Wildman–Crippen LogP) is 2.20. The quantitative estimate of drug-likeness (QED) is 0.215. The van der Waals surface area contributed by atoms with Crippen molar-refractivity contribution in [2.24, 2.45) is 5.10 Å². The van der Waals surface area contributed by atoms with Crippen molar-refractivity contribution in [3.8, 4) is 11.5 Å². The molecule has 0 saturated heterocycles. The van der Waals surface area contributed by atoms with Crippen LogP contribution in [0.15, 0.2) is 82.8 Å². The molecule has 0 aromatic heterocycles. The number of amides is 1. The molecule has 10 heteroatoms. The summed E-state index contributed by atoms with van der Waals surface area (Å²) in [6.07, 6.45) is 0. The summed E-state index contributed by atoms with van der Waals surface area (Å²) in [6.45, 7) is 0.291. The lowest BCUT2D eigenvalue weighted by molar-refractivity contribution is 0.0954. The zero-order valence-corrected chi connectivity index (χ0v) is 18.5. The van der Waals surface area contributed by atoms with Crippen LogP contribution < -0.4 is 10.1 Å².